The number of rotatable bonds is 9. The van der Waals surface area contributed by atoms with E-state index >= 15 is 0 Å². The van der Waals surface area contributed by atoms with Gasteiger partial charge in [0.15, 0.2) is 0 Å². The van der Waals surface area contributed by atoms with E-state index in [1.165, 1.54) is 23.1 Å². The molecule has 0 heterocycles. The number of unbranched alkanes of at least 4 members (excludes halogenated alkanes) is 1. The third kappa shape index (κ3) is 5.66. The third-order valence-electron chi connectivity index (χ3n) is 6.96. The summed E-state index contributed by atoms with van der Waals surface area (Å²) in [6, 6.07) is 12.0. The first kappa shape index (κ1) is 25.5. The summed E-state index contributed by atoms with van der Waals surface area (Å²) in [5, 5.41) is 9.29. The number of hydrogen-bond donors (Lipinski definition) is 0. The van der Waals surface area contributed by atoms with E-state index in [4.69, 9.17) is 4.74 Å². The van der Waals surface area contributed by atoms with Gasteiger partial charge in [-0.2, -0.15) is 0 Å². The van der Waals surface area contributed by atoms with Crippen molar-refractivity contribution in [3.63, 3.8) is 0 Å². The van der Waals surface area contributed by atoms with Gasteiger partial charge >= 0.3 is 5.97 Å². The van der Waals surface area contributed by atoms with Gasteiger partial charge in [-0.15, -0.1) is 10.1 Å². The summed E-state index contributed by atoms with van der Waals surface area (Å²) >= 11 is 0. The lowest BCUT2D eigenvalue weighted by molar-refractivity contribution is -0.757. The van der Waals surface area contributed by atoms with Crippen molar-refractivity contribution in [3.05, 3.63) is 86.5 Å². The molecule has 34 heavy (non-hydrogen) atoms. The van der Waals surface area contributed by atoms with E-state index in [1.807, 2.05) is 12.1 Å². The first-order valence-corrected chi connectivity index (χ1v) is 11.8. The van der Waals surface area contributed by atoms with Crippen LogP contribution in [0.2, 0.25) is 0 Å². The molecule has 0 aliphatic heterocycles. The molecule has 0 aromatic heterocycles. The molecule has 0 saturated heterocycles. The molecule has 6 heteroatoms. The fourth-order valence-corrected chi connectivity index (χ4v) is 4.60. The Morgan fingerprint density at radius 1 is 0.971 bits per heavy atom. The highest BCUT2D eigenvalue weighted by molar-refractivity contribution is 5.90. The van der Waals surface area contributed by atoms with Crippen LogP contribution in [-0.2, 0) is 20.4 Å². The normalized spacial score (nSPS) is 15.8. The van der Waals surface area contributed by atoms with Crippen LogP contribution in [0.3, 0.4) is 0 Å². The molecule has 0 spiro atoms. The van der Waals surface area contributed by atoms with Gasteiger partial charge in [0.1, 0.15) is 0 Å². The lowest BCUT2D eigenvalue weighted by atomic mass is 9.62. The van der Waals surface area contributed by atoms with Gasteiger partial charge < -0.3 is 9.57 Å². The average molecular weight is 466 g/mol. The molecule has 6 nitrogen and oxygen atoms in total. The first-order chi connectivity index (χ1) is 15.9. The van der Waals surface area contributed by atoms with Gasteiger partial charge in [0, 0.05) is 0 Å². The Hall–Kier alpha value is -3.15. The molecule has 3 rings (SSSR count). The van der Waals surface area contributed by atoms with E-state index in [0.717, 1.165) is 23.1 Å². The van der Waals surface area contributed by atoms with Gasteiger partial charge in [-0.1, -0.05) is 58.5 Å². The van der Waals surface area contributed by atoms with Crippen LogP contribution in [0, 0.1) is 17.0 Å². The Bertz CT molecular complexity index is 1080. The molecular weight excluding hydrogens is 430 g/mol. The second kappa shape index (κ2) is 10.00. The smallest absolute Gasteiger partial charge is 0.338 e. The van der Waals surface area contributed by atoms with E-state index in [1.54, 1.807) is 12.1 Å². The maximum Gasteiger partial charge on any atom is 0.338 e. The van der Waals surface area contributed by atoms with Crippen molar-refractivity contribution in [1.29, 1.82) is 0 Å². The van der Waals surface area contributed by atoms with Gasteiger partial charge in [-0.25, -0.2) is 4.79 Å². The van der Waals surface area contributed by atoms with Crippen LogP contribution in [0.4, 0.5) is 0 Å². The molecule has 1 aliphatic carbocycles. The predicted molar refractivity (Wildman–Crippen MR) is 134 cm³/mol. The molecule has 2 aromatic carbocycles. The second-order valence-corrected chi connectivity index (χ2v) is 10.4. The van der Waals surface area contributed by atoms with Crippen LogP contribution in [-0.4, -0.2) is 24.3 Å². The summed E-state index contributed by atoms with van der Waals surface area (Å²) in [5.74, 6) is -0.415. The van der Waals surface area contributed by atoms with Crippen LogP contribution in [0.15, 0.2) is 43.0 Å². The Labute approximate surface area is 202 Å². The molecule has 0 fully saturated rings. The molecule has 0 bridgehead atoms. The van der Waals surface area contributed by atoms with Crippen molar-refractivity contribution >= 4 is 11.5 Å². The Morgan fingerprint density at radius 3 is 2.09 bits per heavy atom. The van der Waals surface area contributed by atoms with Crippen molar-refractivity contribution in [2.45, 2.75) is 71.1 Å². The van der Waals surface area contributed by atoms with Gasteiger partial charge in [0.2, 0.25) is 0 Å². The topological polar surface area (TPSA) is 78.7 Å². The minimum atomic E-state index is -0.825. The Kier molecular flexibility index (Phi) is 7.49. The summed E-state index contributed by atoms with van der Waals surface area (Å²) in [6.45, 7) is 16.0. The van der Waals surface area contributed by atoms with E-state index in [2.05, 4.69) is 58.2 Å². The number of benzene rings is 2. The predicted octanol–water partition coefficient (Wildman–Crippen LogP) is 6.55. The van der Waals surface area contributed by atoms with Crippen LogP contribution in [0.25, 0.3) is 5.57 Å². The summed E-state index contributed by atoms with van der Waals surface area (Å²) in [5.41, 5.74) is 7.82. The quantitative estimate of drug-likeness (QED) is 0.182. The van der Waals surface area contributed by atoms with Gasteiger partial charge in [-0.05, 0) is 89.0 Å². The standard InChI is InChI=1S/C28H35NO5/c1-19-17-24-25(28(5,6)14-13-27(24,3)4)18-23(19)20(2)21-9-11-22(12-10-21)26(30)33-15-7-8-16-34-29(31)32/h9-12,17-18H,2,7-8,13-16H2,1,3-6H3. The highest BCUT2D eigenvalue weighted by Gasteiger charge is 2.37. The van der Waals surface area contributed by atoms with E-state index in [-0.39, 0.29) is 24.0 Å². The number of carbonyl (C=O) groups excluding carboxylic acids is 1. The van der Waals surface area contributed by atoms with E-state index in [9.17, 15) is 14.9 Å². The second-order valence-electron chi connectivity index (χ2n) is 10.4. The van der Waals surface area contributed by atoms with Crippen LogP contribution in [0.5, 0.6) is 0 Å². The number of carbonyl (C=O) groups is 1. The maximum atomic E-state index is 12.3. The fraction of sp³-hybridized carbons (Fsp3) is 0.464. The van der Waals surface area contributed by atoms with Crippen molar-refractivity contribution < 1.29 is 19.5 Å². The molecule has 1 aliphatic rings. The van der Waals surface area contributed by atoms with Gasteiger partial charge in [0.25, 0.3) is 5.09 Å². The number of ether oxygens (including phenoxy) is 1. The third-order valence-corrected chi connectivity index (χ3v) is 6.96. The Balaban J connectivity index is 1.70. The minimum Gasteiger partial charge on any atom is -0.462 e. The number of fused-ring (bicyclic) bond motifs is 1. The van der Waals surface area contributed by atoms with Gasteiger partial charge in [-0.3, -0.25) is 0 Å². The summed E-state index contributed by atoms with van der Waals surface area (Å²) < 4.78 is 5.26. The molecule has 0 saturated carbocycles. The number of esters is 1. The molecule has 0 atom stereocenters. The average Bonchev–Trinajstić information content (AvgIpc) is 2.78. The Morgan fingerprint density at radius 2 is 1.50 bits per heavy atom. The molecular formula is C28H35NO5. The minimum absolute atomic E-state index is 0.00184. The van der Waals surface area contributed by atoms with Crippen molar-refractivity contribution in [1.82, 2.24) is 0 Å². The molecule has 0 unspecified atom stereocenters. The van der Waals surface area contributed by atoms with Crippen LogP contribution < -0.4 is 0 Å². The highest BCUT2D eigenvalue weighted by Crippen LogP contribution is 2.47. The van der Waals surface area contributed by atoms with Crippen molar-refractivity contribution in [2.75, 3.05) is 13.2 Å². The molecule has 182 valence electrons. The van der Waals surface area contributed by atoms with Crippen LogP contribution in [0.1, 0.15) is 91.6 Å². The van der Waals surface area contributed by atoms with Crippen molar-refractivity contribution in [3.8, 4) is 0 Å². The monoisotopic (exact) mass is 465 g/mol. The largest absolute Gasteiger partial charge is 0.462 e. The molecule has 0 N–H and O–H groups in total. The molecule has 0 amide bonds. The zero-order chi connectivity index (χ0) is 25.1. The lowest BCUT2D eigenvalue weighted by Crippen LogP contribution is -2.34. The SMILES string of the molecule is C=C(c1ccc(C(=O)OCCCCO[N+](=O)[O-])cc1)c1cc2c(cc1C)C(C)(C)CCC2(C)C. The number of nitrogens with zero attached hydrogens (tertiary/aromatic N) is 1. The zero-order valence-electron chi connectivity index (χ0n) is 20.9. The number of hydrogen-bond acceptors (Lipinski definition) is 5. The fourth-order valence-electron chi connectivity index (χ4n) is 4.60. The van der Waals surface area contributed by atoms with E-state index < -0.39 is 11.1 Å². The number of aryl methyl sites for hydroxylation is 1. The van der Waals surface area contributed by atoms with Crippen LogP contribution >= 0.6 is 0 Å². The zero-order valence-corrected chi connectivity index (χ0v) is 20.9. The molecule has 2 aromatic rings. The van der Waals surface area contributed by atoms with Crippen molar-refractivity contribution in [2.24, 2.45) is 0 Å². The summed E-state index contributed by atoms with van der Waals surface area (Å²) in [4.78, 5) is 26.7. The summed E-state index contributed by atoms with van der Waals surface area (Å²) in [6.07, 6.45) is 3.28. The first-order valence-electron chi connectivity index (χ1n) is 11.8. The lowest BCUT2D eigenvalue weighted by Gasteiger charge is -2.42. The molecule has 0 radical (unpaired) electrons. The van der Waals surface area contributed by atoms with E-state index in [0.29, 0.717) is 18.4 Å². The maximum absolute atomic E-state index is 12.3. The van der Waals surface area contributed by atoms with Gasteiger partial charge in [0.05, 0.1) is 18.8 Å². The highest BCUT2D eigenvalue weighted by atomic mass is 16.9. The summed E-state index contributed by atoms with van der Waals surface area (Å²) in [7, 11) is 0.